The van der Waals surface area contributed by atoms with Crippen LogP contribution in [0.4, 0.5) is 0 Å². The number of hydrogen-bond acceptors (Lipinski definition) is 3. The number of rotatable bonds is 8. The van der Waals surface area contributed by atoms with Gasteiger partial charge in [0, 0.05) is 11.9 Å². The van der Waals surface area contributed by atoms with Crippen LogP contribution >= 0.6 is 11.1 Å². The van der Waals surface area contributed by atoms with E-state index in [1.807, 2.05) is 18.3 Å². The van der Waals surface area contributed by atoms with Crippen molar-refractivity contribution in [2.45, 2.75) is 26.2 Å². The van der Waals surface area contributed by atoms with Crippen molar-refractivity contribution in [2.24, 2.45) is 0 Å². The van der Waals surface area contributed by atoms with Gasteiger partial charge in [-0.25, -0.2) is 0 Å². The Kier molecular flexibility index (Phi) is 7.72. The predicted octanol–water partition coefficient (Wildman–Crippen LogP) is 5.45. The molecular formula is C22H32ClN3Si2. The van der Waals surface area contributed by atoms with Crippen LogP contribution in [-0.4, -0.2) is 34.4 Å². The quantitative estimate of drug-likeness (QED) is 0.431. The molecule has 0 fully saturated rings. The van der Waals surface area contributed by atoms with Crippen LogP contribution in [0.15, 0.2) is 72.6 Å². The number of nitrogens with one attached hydrogen (secondary N) is 2. The van der Waals surface area contributed by atoms with Gasteiger partial charge in [-0.1, -0.05) is 79.5 Å². The van der Waals surface area contributed by atoms with Gasteiger partial charge in [-0.15, -0.1) is 11.1 Å². The highest BCUT2D eigenvalue weighted by atomic mass is 35.6. The van der Waals surface area contributed by atoms with Crippen molar-refractivity contribution in [1.82, 2.24) is 14.9 Å². The summed E-state index contributed by atoms with van der Waals surface area (Å²) in [4.78, 5) is 3.42. The summed E-state index contributed by atoms with van der Waals surface area (Å²) < 4.78 is 2.34. The molecule has 2 rings (SSSR count). The summed E-state index contributed by atoms with van der Waals surface area (Å²) in [5.41, 5.74) is 6.84. The van der Waals surface area contributed by atoms with E-state index >= 15 is 0 Å². The first-order valence-electron chi connectivity index (χ1n) is 9.53. The molecule has 0 aromatic heterocycles. The van der Waals surface area contributed by atoms with Gasteiger partial charge in [0.1, 0.15) is 8.24 Å². The molecule has 0 heterocycles. The van der Waals surface area contributed by atoms with E-state index < -0.39 is 15.8 Å². The van der Waals surface area contributed by atoms with E-state index in [0.29, 0.717) is 0 Å². The summed E-state index contributed by atoms with van der Waals surface area (Å²) in [6.45, 7) is 8.83. The van der Waals surface area contributed by atoms with Crippen molar-refractivity contribution in [3.8, 4) is 0 Å². The van der Waals surface area contributed by atoms with Gasteiger partial charge in [-0.05, 0) is 38.3 Å². The molecule has 3 nitrogen and oxygen atoms in total. The summed E-state index contributed by atoms with van der Waals surface area (Å²) in [5.74, 6) is 0. The third kappa shape index (κ3) is 6.98. The normalized spacial score (nSPS) is 13.6. The van der Waals surface area contributed by atoms with E-state index in [9.17, 15) is 0 Å². The number of benzene rings is 2. The Balaban J connectivity index is 2.50. The van der Waals surface area contributed by atoms with E-state index in [2.05, 4.69) is 109 Å². The Hall–Kier alpha value is -1.80. The molecule has 2 N–H and O–H groups in total. The lowest BCUT2D eigenvalue weighted by Crippen LogP contribution is -2.42. The fraction of sp³-hybridized carbons (Fsp3) is 0.273. The van der Waals surface area contributed by atoms with Gasteiger partial charge in [0.2, 0.25) is 7.55 Å². The fourth-order valence-electron chi connectivity index (χ4n) is 2.49. The molecule has 6 heteroatoms. The molecule has 28 heavy (non-hydrogen) atoms. The van der Waals surface area contributed by atoms with Crippen molar-refractivity contribution in [2.75, 3.05) is 14.1 Å². The molecule has 0 aliphatic rings. The largest absolute Gasteiger partial charge is 0.403 e. The minimum atomic E-state index is -1.96. The number of halogens is 1. The maximum absolute atomic E-state index is 6.51. The second kappa shape index (κ2) is 9.61. The third-order valence-electron chi connectivity index (χ3n) is 4.65. The molecule has 0 saturated heterocycles. The predicted molar refractivity (Wildman–Crippen MR) is 130 cm³/mol. The van der Waals surface area contributed by atoms with Gasteiger partial charge in [-0.3, -0.25) is 0 Å². The molecular weight excluding hydrogens is 398 g/mol. The van der Waals surface area contributed by atoms with E-state index in [0.717, 1.165) is 17.0 Å². The first kappa shape index (κ1) is 22.5. The lowest BCUT2D eigenvalue weighted by atomic mass is 10.1. The Labute approximate surface area is 177 Å². The summed E-state index contributed by atoms with van der Waals surface area (Å²) >= 11 is 6.51. The maximum Gasteiger partial charge on any atom is 0.246 e. The minimum Gasteiger partial charge on any atom is -0.403 e. The van der Waals surface area contributed by atoms with E-state index in [4.69, 9.17) is 11.1 Å². The standard InChI is InChI=1S/C22H32ClN3Si2/c1-26(2)27(3,4)18-22(20-15-11-8-12-16-20)25-21(17-24-28(5,6)23)19-13-9-7-10-14-19/h7-18,24-25H,1-6H3/b21-17+,22-18+. The summed E-state index contributed by atoms with van der Waals surface area (Å²) in [5, 5.41) is 3.70. The molecule has 0 atom stereocenters. The highest BCUT2D eigenvalue weighted by molar-refractivity contribution is 7.17. The Bertz CT molecular complexity index is 811. The van der Waals surface area contributed by atoms with E-state index in [1.165, 1.54) is 5.56 Å². The van der Waals surface area contributed by atoms with Crippen molar-refractivity contribution >= 4 is 38.3 Å². The lowest BCUT2D eigenvalue weighted by molar-refractivity contribution is 0.632. The molecule has 0 aliphatic heterocycles. The molecule has 0 spiro atoms. The zero-order valence-electron chi connectivity index (χ0n) is 17.8. The van der Waals surface area contributed by atoms with Gasteiger partial charge in [-0.2, -0.15) is 0 Å². The van der Waals surface area contributed by atoms with Crippen LogP contribution in [-0.2, 0) is 0 Å². The van der Waals surface area contributed by atoms with Crippen LogP contribution < -0.4 is 10.3 Å². The first-order valence-corrected chi connectivity index (χ1v) is 16.6. The first-order chi connectivity index (χ1) is 13.1. The zero-order chi connectivity index (χ0) is 20.8. The van der Waals surface area contributed by atoms with Gasteiger partial charge in [0.15, 0.2) is 0 Å². The SMILES string of the molecule is CN(C)[Si](C)(C)/C=C(/N/C(=C/N[Si](C)(C)Cl)c1ccccc1)c1ccccc1. The Morgan fingerprint density at radius 3 is 1.71 bits per heavy atom. The zero-order valence-corrected chi connectivity index (χ0v) is 20.5. The molecule has 0 saturated carbocycles. The summed E-state index contributed by atoms with van der Waals surface area (Å²) in [7, 11) is 0.639. The second-order valence-corrected chi connectivity index (χ2v) is 18.7. The third-order valence-corrected chi connectivity index (χ3v) is 9.11. The average Bonchev–Trinajstić information content (AvgIpc) is 2.64. The topological polar surface area (TPSA) is 27.3 Å². The highest BCUT2D eigenvalue weighted by Gasteiger charge is 2.23. The van der Waals surface area contributed by atoms with Crippen LogP contribution in [0.1, 0.15) is 11.1 Å². The smallest absolute Gasteiger partial charge is 0.246 e. The fourth-order valence-corrected chi connectivity index (χ4v) is 4.34. The van der Waals surface area contributed by atoms with Gasteiger partial charge < -0.3 is 14.9 Å². The maximum atomic E-state index is 6.51. The van der Waals surface area contributed by atoms with Crippen molar-refractivity contribution in [1.29, 1.82) is 0 Å². The second-order valence-electron chi connectivity index (χ2n) is 8.14. The molecule has 0 radical (unpaired) electrons. The van der Waals surface area contributed by atoms with Gasteiger partial charge >= 0.3 is 0 Å². The molecule has 0 bridgehead atoms. The number of nitrogens with zero attached hydrogens (tertiary/aromatic N) is 1. The Morgan fingerprint density at radius 1 is 0.821 bits per heavy atom. The van der Waals surface area contributed by atoms with Crippen LogP contribution in [0, 0.1) is 0 Å². The van der Waals surface area contributed by atoms with Crippen LogP contribution in [0.5, 0.6) is 0 Å². The van der Waals surface area contributed by atoms with Crippen molar-refractivity contribution < 1.29 is 0 Å². The van der Waals surface area contributed by atoms with Crippen LogP contribution in [0.2, 0.25) is 26.2 Å². The van der Waals surface area contributed by atoms with Crippen LogP contribution in [0.3, 0.4) is 0 Å². The lowest BCUT2D eigenvalue weighted by Gasteiger charge is -2.29. The number of hydrogen-bond donors (Lipinski definition) is 2. The van der Waals surface area contributed by atoms with E-state index in [1.54, 1.807) is 0 Å². The molecule has 2 aromatic rings. The summed E-state index contributed by atoms with van der Waals surface area (Å²) in [6, 6.07) is 20.9. The summed E-state index contributed by atoms with van der Waals surface area (Å²) in [6.07, 6.45) is 2.02. The molecule has 0 aliphatic carbocycles. The molecule has 150 valence electrons. The van der Waals surface area contributed by atoms with Gasteiger partial charge in [0.25, 0.3) is 0 Å². The van der Waals surface area contributed by atoms with Crippen molar-refractivity contribution in [3.05, 3.63) is 83.7 Å². The Morgan fingerprint density at radius 2 is 1.29 bits per heavy atom. The molecule has 0 unspecified atom stereocenters. The van der Waals surface area contributed by atoms with Gasteiger partial charge in [0.05, 0.1) is 5.70 Å². The minimum absolute atomic E-state index is 1.01. The van der Waals surface area contributed by atoms with Crippen LogP contribution in [0.25, 0.3) is 11.4 Å². The van der Waals surface area contributed by atoms with Crippen molar-refractivity contribution in [3.63, 3.8) is 0 Å². The monoisotopic (exact) mass is 429 g/mol. The average molecular weight is 430 g/mol. The van der Waals surface area contributed by atoms with E-state index in [-0.39, 0.29) is 0 Å². The molecule has 2 aromatic carbocycles. The highest BCUT2D eigenvalue weighted by Crippen LogP contribution is 2.22. The molecule has 0 amide bonds.